The van der Waals surface area contributed by atoms with Crippen LogP contribution >= 0.6 is 0 Å². The molecule has 0 aromatic heterocycles. The number of nitrogens with zero attached hydrogens (tertiary/aromatic N) is 1. The average Bonchev–Trinajstić information content (AvgIpc) is 3.54. The summed E-state index contributed by atoms with van der Waals surface area (Å²) in [7, 11) is 0. The van der Waals surface area contributed by atoms with Crippen LogP contribution in [0.3, 0.4) is 0 Å². The molecule has 0 bridgehead atoms. The molecule has 0 saturated heterocycles. The molecule has 86 heavy (non-hydrogen) atoms. The van der Waals surface area contributed by atoms with Crippen LogP contribution in [0.25, 0.3) is 0 Å². The van der Waals surface area contributed by atoms with Gasteiger partial charge in [-0.25, -0.2) is 26.3 Å². The quantitative estimate of drug-likeness (QED) is 0.148. The molecule has 0 heterocycles. The lowest BCUT2D eigenvalue weighted by Crippen LogP contribution is -1.94. The first-order chi connectivity index (χ1) is 42.0. The summed E-state index contributed by atoms with van der Waals surface area (Å²) in [6.45, 7) is 0. The van der Waals surface area contributed by atoms with E-state index >= 15 is 0 Å². The highest BCUT2D eigenvalue weighted by Crippen LogP contribution is 2.25. The maximum absolute atomic E-state index is 12.7. The summed E-state index contributed by atoms with van der Waals surface area (Å²) >= 11 is 0. The Hall–Kier alpha value is -16.4. The van der Waals surface area contributed by atoms with Crippen molar-refractivity contribution >= 4 is 11.4 Å². The second kappa shape index (κ2) is 53.4. The molecular weight excluding hydrogens is 1090 g/mol. The van der Waals surface area contributed by atoms with Crippen LogP contribution in [0.1, 0.15) is 24.0 Å². The van der Waals surface area contributed by atoms with E-state index in [4.69, 9.17) is 18.6 Å². The Bertz CT molecular complexity index is 4920. The lowest BCUT2D eigenvalue weighted by atomic mass is 10.2. The third kappa shape index (κ3) is 46.1. The minimum Gasteiger partial charge on any atom is -0.399 e. The molecule has 2 aromatic carbocycles. The zero-order chi connectivity index (χ0) is 62.9. The van der Waals surface area contributed by atoms with Gasteiger partial charge >= 0.3 is 0 Å². The molecule has 0 atom stereocenters. The Morgan fingerprint density at radius 2 is 0.465 bits per heavy atom. The number of terminal acetylenes is 2. The Kier molecular flexibility index (Phi) is 43.2. The minimum atomic E-state index is -2.96. The van der Waals surface area contributed by atoms with E-state index in [1.807, 2.05) is 0 Å². The molecule has 0 aliphatic rings. The van der Waals surface area contributed by atoms with Crippen molar-refractivity contribution in [1.29, 1.82) is 0 Å². The summed E-state index contributed by atoms with van der Waals surface area (Å²) in [4.78, 5) is 9.24. The van der Waals surface area contributed by atoms with E-state index in [0.29, 0.717) is 12.1 Å². The van der Waals surface area contributed by atoms with Crippen LogP contribution < -0.4 is 5.73 Å². The monoisotopic (exact) mass is 1100 g/mol. The lowest BCUT2D eigenvalue weighted by Gasteiger charge is -2.01. The van der Waals surface area contributed by atoms with Crippen LogP contribution in [0.2, 0.25) is 0 Å². The SMILES string of the molecule is C#CC#CC#CC#CC#CC#CC#CC#CC#CC#CC#CC#CC#CC#CC#CC#CC#CC#CC#CC#CC#CC#CC#CC#CC#CC#CC#CC#CC#CC#CC#C.Nc1ccc(C(F)F)c(F)c1.O=[N+]([O-])c1ccc(C(F)F)c(F)c1. The highest BCUT2D eigenvalue weighted by atomic mass is 19.3. The van der Waals surface area contributed by atoms with Gasteiger partial charge in [0.05, 0.1) is 22.1 Å². The number of nitrogens with two attached hydrogens (primary N) is 1. The van der Waals surface area contributed by atoms with Gasteiger partial charge in [-0.1, -0.05) is 0 Å². The molecule has 2 rings (SSSR count). The number of rotatable bonds is 3. The van der Waals surface area contributed by atoms with Gasteiger partial charge in [-0.2, -0.15) is 0 Å². The largest absolute Gasteiger partial charge is 0.399 e. The second-order valence-electron chi connectivity index (χ2n) is 11.9. The van der Waals surface area contributed by atoms with E-state index < -0.39 is 46.2 Å². The first-order valence-electron chi connectivity index (χ1n) is 21.5. The van der Waals surface area contributed by atoms with E-state index in [2.05, 4.69) is 355 Å². The van der Waals surface area contributed by atoms with Gasteiger partial charge in [0.1, 0.15) is 11.6 Å². The molecule has 0 saturated carbocycles. The zero-order valence-corrected chi connectivity index (χ0v) is 42.9. The highest BCUT2D eigenvalue weighted by Gasteiger charge is 2.16. The van der Waals surface area contributed by atoms with Crippen molar-refractivity contribution in [3.63, 3.8) is 0 Å². The smallest absolute Gasteiger partial charge is 0.272 e. The van der Waals surface area contributed by atoms with Crippen molar-refractivity contribution < 1.29 is 31.3 Å². The minimum absolute atomic E-state index is 0.145. The van der Waals surface area contributed by atoms with Gasteiger partial charge in [0, 0.05) is 272 Å². The molecule has 0 amide bonds. The molecule has 0 radical (unpaired) electrons. The van der Waals surface area contributed by atoms with Gasteiger partial charge in [0.25, 0.3) is 18.5 Å². The lowest BCUT2D eigenvalue weighted by molar-refractivity contribution is -0.385. The topological polar surface area (TPSA) is 69.2 Å². The van der Waals surface area contributed by atoms with E-state index in [9.17, 15) is 36.5 Å². The summed E-state index contributed by atoms with van der Waals surface area (Å²) in [5.41, 5.74) is 3.31. The van der Waals surface area contributed by atoms with Crippen molar-refractivity contribution in [2.45, 2.75) is 12.9 Å². The van der Waals surface area contributed by atoms with Crippen LogP contribution in [0, 0.1) is 390 Å². The van der Waals surface area contributed by atoms with Crippen molar-refractivity contribution in [2.75, 3.05) is 5.73 Å². The zero-order valence-electron chi connectivity index (χ0n) is 42.9. The number of nitro groups is 1. The summed E-state index contributed by atoms with van der Waals surface area (Å²) in [6, 6.07) is 5.12. The van der Waals surface area contributed by atoms with Gasteiger partial charge < -0.3 is 5.73 Å². The van der Waals surface area contributed by atoms with Gasteiger partial charge in [-0.15, -0.1) is 12.8 Å². The highest BCUT2D eigenvalue weighted by molar-refractivity contribution is 5.52. The predicted octanol–water partition coefficient (Wildman–Crippen LogP) is 5.37. The average molecular weight is 1100 g/mol. The molecule has 10 heteroatoms. The van der Waals surface area contributed by atoms with Crippen LogP contribution in [-0.4, -0.2) is 4.92 Å². The van der Waals surface area contributed by atoms with Crippen LogP contribution in [0.4, 0.5) is 37.7 Å². The first-order valence-corrected chi connectivity index (χ1v) is 21.5. The summed E-state index contributed by atoms with van der Waals surface area (Å²) < 4.78 is 72.9. The molecule has 0 fully saturated rings. The van der Waals surface area contributed by atoms with Crippen molar-refractivity contribution in [3.05, 3.63) is 69.3 Å². The van der Waals surface area contributed by atoms with Gasteiger partial charge in [-0.3, -0.25) is 10.1 Å². The molecule has 2 aromatic rings. The van der Waals surface area contributed by atoms with E-state index in [0.717, 1.165) is 18.2 Å². The fourth-order valence-corrected chi connectivity index (χ4v) is 3.35. The van der Waals surface area contributed by atoms with Crippen LogP contribution in [0.5, 0.6) is 0 Å². The third-order valence-corrected chi connectivity index (χ3v) is 6.40. The first kappa shape index (κ1) is 69.6. The molecule has 0 aliphatic heterocycles. The van der Waals surface area contributed by atoms with Crippen LogP contribution in [0.15, 0.2) is 36.4 Å². The Labute approximate surface area is 496 Å². The predicted molar refractivity (Wildman–Crippen MR) is 317 cm³/mol. The second-order valence-corrected chi connectivity index (χ2v) is 11.9. The molecule has 0 spiro atoms. The van der Waals surface area contributed by atoms with E-state index in [-0.39, 0.29) is 5.69 Å². The molecule has 0 unspecified atom stereocenters. The number of anilines is 1. The number of non-ortho nitro benzene ring substituents is 1. The fraction of sp³-hybridized carbons (Fsp3) is 0.0263. The third-order valence-electron chi connectivity index (χ3n) is 6.40. The number of alkyl halides is 4. The number of hydrogen-bond acceptors (Lipinski definition) is 3. The molecule has 0 aliphatic carbocycles. The van der Waals surface area contributed by atoms with Crippen molar-refractivity contribution in [3.8, 4) is 368 Å². The van der Waals surface area contributed by atoms with E-state index in [1.54, 1.807) is 0 Å². The van der Waals surface area contributed by atoms with E-state index in [1.165, 1.54) is 6.07 Å². The molecule has 4 nitrogen and oxygen atoms in total. The van der Waals surface area contributed by atoms with Gasteiger partial charge in [0.2, 0.25) is 0 Å². The van der Waals surface area contributed by atoms with Crippen LogP contribution in [-0.2, 0) is 0 Å². The fourth-order valence-electron chi connectivity index (χ4n) is 3.35. The Morgan fingerprint density at radius 3 is 0.605 bits per heavy atom. The summed E-state index contributed by atoms with van der Waals surface area (Å²) in [6.07, 6.45) is 4.15. The number of halogens is 6. The number of nitro benzene ring substituents is 1. The maximum atomic E-state index is 12.7. The summed E-state index contributed by atoms with van der Waals surface area (Å²) in [5.74, 6) is 146. The van der Waals surface area contributed by atoms with Gasteiger partial charge in [0.15, 0.2) is 0 Å². The Balaban J connectivity index is 0.00000244. The normalized spacial score (nSPS) is 5.74. The summed E-state index contributed by atoms with van der Waals surface area (Å²) in [5, 5.41) is 10.1. The molecule has 380 valence electrons. The number of benzene rings is 2. The Morgan fingerprint density at radius 1 is 0.302 bits per heavy atom. The van der Waals surface area contributed by atoms with Crippen molar-refractivity contribution in [1.82, 2.24) is 0 Å². The molecule has 2 N–H and O–H groups in total. The van der Waals surface area contributed by atoms with Crippen molar-refractivity contribution in [2.24, 2.45) is 0 Å². The molecular formula is C76H12F6N2O2. The maximum Gasteiger partial charge on any atom is 0.272 e. The number of hydrogen-bond donors (Lipinski definition) is 1. The number of nitrogen functional groups attached to an aromatic ring is 1. The standard InChI is InChI=1S/C62H2.C7H4F3NO2.C7H6F3N/c1-3-5-7-9-11-13-15-17-19-21-23-25-27-29-31-33-35-37-39-41-43-45-47-49-51-53-55-57-59-61-62-60-58-56-54-52-50-48-46-44-42-40-38-36-34-32-30-28-26-24-22-20-18-16-14-12-10-8-6-4-2;8-6-3-4(11(12)13)1-2-5(6)7(9)10;8-6-3-4(11)1-2-5(6)7(9)10/h1-2H;1-3,7H;1-3,7H,11H2. The van der Waals surface area contributed by atoms with Gasteiger partial charge in [-0.05, 0) is 119 Å².